The minimum atomic E-state index is -1.35. The molecular weight excluding hydrogens is 139 g/mol. The first kappa shape index (κ1) is 10.2. The molecule has 0 aromatic rings. The lowest BCUT2D eigenvalue weighted by molar-refractivity contribution is 0.424. The minimum absolute atomic E-state index is 1.01. The van der Waals surface area contributed by atoms with Crippen LogP contribution in [-0.4, -0.2) is 17.2 Å². The molecule has 3 heteroatoms. The molecule has 0 aromatic heterocycles. The molecule has 0 rings (SSSR count). The Bertz CT molecular complexity index is 159. The summed E-state index contributed by atoms with van der Waals surface area (Å²) < 4.78 is 0. The van der Waals surface area contributed by atoms with Crippen LogP contribution >= 0.6 is 0 Å². The van der Waals surface area contributed by atoms with Gasteiger partial charge in [-0.05, 0) is 6.42 Å². The zero-order valence-corrected chi connectivity index (χ0v) is 6.64. The molecule has 0 bridgehead atoms. The molecule has 0 heterocycles. The maximum atomic E-state index is 8.37. The Labute approximate surface area is 67.7 Å². The first-order chi connectivity index (χ1) is 5.27. The van der Waals surface area contributed by atoms with Gasteiger partial charge in [0.2, 0.25) is 0 Å². The summed E-state index contributed by atoms with van der Waals surface area (Å²) in [6, 6.07) is 0. The zero-order valence-electron chi connectivity index (χ0n) is 6.64. The highest BCUT2D eigenvalue weighted by atomic mass is 16.4. The van der Waals surface area contributed by atoms with Gasteiger partial charge in [-0.2, -0.15) is 0 Å². The van der Waals surface area contributed by atoms with E-state index >= 15 is 0 Å². The van der Waals surface area contributed by atoms with E-state index in [-0.39, 0.29) is 0 Å². The Balaban J connectivity index is 3.51. The molecule has 11 heavy (non-hydrogen) atoms. The van der Waals surface area contributed by atoms with E-state index < -0.39 is 7.12 Å². The maximum absolute atomic E-state index is 8.37. The summed E-state index contributed by atoms with van der Waals surface area (Å²) in [6.45, 7) is 2.05. The molecule has 0 fully saturated rings. The SMILES string of the molecule is CCC=CC=CC=CB(O)O. The quantitative estimate of drug-likeness (QED) is 0.467. The second-order valence-electron chi connectivity index (χ2n) is 2.02. The average molecular weight is 152 g/mol. The molecule has 60 valence electrons. The lowest BCUT2D eigenvalue weighted by atomic mass is 9.92. The summed E-state index contributed by atoms with van der Waals surface area (Å²) in [5.74, 6) is 1.29. The smallest absolute Gasteiger partial charge is 0.424 e. The van der Waals surface area contributed by atoms with Crippen molar-refractivity contribution in [2.45, 2.75) is 13.3 Å². The van der Waals surface area contributed by atoms with E-state index in [2.05, 4.69) is 6.92 Å². The van der Waals surface area contributed by atoms with Gasteiger partial charge in [0.25, 0.3) is 0 Å². The van der Waals surface area contributed by atoms with Crippen molar-refractivity contribution < 1.29 is 10.0 Å². The summed E-state index contributed by atoms with van der Waals surface area (Å²) in [4.78, 5) is 0. The van der Waals surface area contributed by atoms with Crippen LogP contribution in [0.3, 0.4) is 0 Å². The molecule has 0 spiro atoms. The fraction of sp³-hybridized carbons (Fsp3) is 0.250. The van der Waals surface area contributed by atoms with Gasteiger partial charge in [0.15, 0.2) is 0 Å². The Morgan fingerprint density at radius 1 is 1.09 bits per heavy atom. The molecule has 0 unspecified atom stereocenters. The third kappa shape index (κ3) is 9.20. The van der Waals surface area contributed by atoms with Crippen LogP contribution in [0.25, 0.3) is 0 Å². The van der Waals surface area contributed by atoms with Crippen LogP contribution in [0.15, 0.2) is 36.4 Å². The summed E-state index contributed by atoms with van der Waals surface area (Å²) in [7, 11) is -1.35. The predicted octanol–water partition coefficient (Wildman–Crippen LogP) is 1.08. The fourth-order valence-corrected chi connectivity index (χ4v) is 0.506. The largest absolute Gasteiger partial charge is 0.480 e. The van der Waals surface area contributed by atoms with Crippen molar-refractivity contribution in [1.29, 1.82) is 0 Å². The van der Waals surface area contributed by atoms with Gasteiger partial charge in [-0.1, -0.05) is 43.3 Å². The van der Waals surface area contributed by atoms with Gasteiger partial charge in [-0.15, -0.1) is 0 Å². The van der Waals surface area contributed by atoms with Crippen molar-refractivity contribution in [2.75, 3.05) is 0 Å². The van der Waals surface area contributed by atoms with Gasteiger partial charge >= 0.3 is 7.12 Å². The van der Waals surface area contributed by atoms with E-state index in [0.717, 1.165) is 6.42 Å². The van der Waals surface area contributed by atoms with E-state index in [1.54, 1.807) is 12.2 Å². The van der Waals surface area contributed by atoms with Crippen LogP contribution in [-0.2, 0) is 0 Å². The first-order valence-electron chi connectivity index (χ1n) is 3.63. The number of rotatable bonds is 4. The molecule has 0 amide bonds. The minimum Gasteiger partial charge on any atom is -0.424 e. The van der Waals surface area contributed by atoms with Crippen molar-refractivity contribution >= 4 is 7.12 Å². The molecule has 2 N–H and O–H groups in total. The van der Waals surface area contributed by atoms with Crippen molar-refractivity contribution in [3.8, 4) is 0 Å². The normalized spacial score (nSPS) is 12.3. The average Bonchev–Trinajstić information content (AvgIpc) is 1.96. The molecule has 0 aliphatic carbocycles. The van der Waals surface area contributed by atoms with E-state index in [4.69, 9.17) is 10.0 Å². The summed E-state index contributed by atoms with van der Waals surface area (Å²) >= 11 is 0. The second kappa shape index (κ2) is 7.31. The van der Waals surface area contributed by atoms with Crippen LogP contribution in [0.5, 0.6) is 0 Å². The summed E-state index contributed by atoms with van der Waals surface area (Å²) in [5, 5.41) is 16.7. The molecule has 0 aliphatic rings. The highest BCUT2D eigenvalue weighted by Crippen LogP contribution is 1.83. The van der Waals surface area contributed by atoms with Crippen LogP contribution in [0.1, 0.15) is 13.3 Å². The third-order valence-corrected chi connectivity index (χ3v) is 0.988. The molecule has 0 atom stereocenters. The van der Waals surface area contributed by atoms with E-state index in [9.17, 15) is 0 Å². The van der Waals surface area contributed by atoms with Gasteiger partial charge < -0.3 is 10.0 Å². The third-order valence-electron chi connectivity index (χ3n) is 0.988. The van der Waals surface area contributed by atoms with Crippen molar-refractivity contribution in [2.24, 2.45) is 0 Å². The van der Waals surface area contributed by atoms with Crippen LogP contribution in [0, 0.1) is 0 Å². The maximum Gasteiger partial charge on any atom is 0.480 e. The van der Waals surface area contributed by atoms with Gasteiger partial charge in [0.1, 0.15) is 0 Å². The molecular formula is C8H13BO2. The Hall–Kier alpha value is -0.795. The molecule has 0 saturated heterocycles. The Morgan fingerprint density at radius 2 is 1.73 bits per heavy atom. The Morgan fingerprint density at radius 3 is 2.27 bits per heavy atom. The van der Waals surface area contributed by atoms with Gasteiger partial charge in [0, 0.05) is 0 Å². The molecule has 0 saturated carbocycles. The molecule has 0 radical (unpaired) electrons. The monoisotopic (exact) mass is 152 g/mol. The second-order valence-corrected chi connectivity index (χ2v) is 2.02. The van der Waals surface area contributed by atoms with Crippen LogP contribution in [0.2, 0.25) is 0 Å². The summed E-state index contributed by atoms with van der Waals surface area (Å²) in [6.07, 6.45) is 10.1. The lowest BCUT2D eigenvalue weighted by Gasteiger charge is -1.81. The van der Waals surface area contributed by atoms with Crippen molar-refractivity contribution in [1.82, 2.24) is 0 Å². The molecule has 0 aromatic carbocycles. The van der Waals surface area contributed by atoms with E-state index in [1.165, 1.54) is 5.98 Å². The number of hydrogen-bond acceptors (Lipinski definition) is 2. The van der Waals surface area contributed by atoms with Crippen molar-refractivity contribution in [3.63, 3.8) is 0 Å². The summed E-state index contributed by atoms with van der Waals surface area (Å²) in [5.41, 5.74) is 0. The molecule has 0 aliphatic heterocycles. The Kier molecular flexibility index (Phi) is 6.78. The predicted molar refractivity (Wildman–Crippen MR) is 47.9 cm³/mol. The zero-order chi connectivity index (χ0) is 8.53. The number of allylic oxidation sites excluding steroid dienone is 5. The topological polar surface area (TPSA) is 40.5 Å². The van der Waals surface area contributed by atoms with Crippen molar-refractivity contribution in [3.05, 3.63) is 36.4 Å². The molecule has 2 nitrogen and oxygen atoms in total. The van der Waals surface area contributed by atoms with Gasteiger partial charge in [0.05, 0.1) is 0 Å². The van der Waals surface area contributed by atoms with Gasteiger partial charge in [-0.25, -0.2) is 0 Å². The standard InChI is InChI=1S/C8H13BO2/c1-2-3-4-5-6-7-8-9(10)11/h3-8,10-11H,2H2,1H3. The van der Waals surface area contributed by atoms with E-state index in [0.29, 0.717) is 0 Å². The van der Waals surface area contributed by atoms with E-state index in [1.807, 2.05) is 18.2 Å². The highest BCUT2D eigenvalue weighted by molar-refractivity contribution is 6.47. The van der Waals surface area contributed by atoms with Gasteiger partial charge in [-0.3, -0.25) is 0 Å². The number of hydrogen-bond donors (Lipinski definition) is 2. The first-order valence-corrected chi connectivity index (χ1v) is 3.63. The lowest BCUT2D eigenvalue weighted by Crippen LogP contribution is -2.04. The highest BCUT2D eigenvalue weighted by Gasteiger charge is 1.94. The van der Waals surface area contributed by atoms with Crippen LogP contribution < -0.4 is 0 Å². The van der Waals surface area contributed by atoms with Crippen LogP contribution in [0.4, 0.5) is 0 Å². The fourth-order valence-electron chi connectivity index (χ4n) is 0.506.